The van der Waals surface area contributed by atoms with E-state index in [1.165, 1.54) is 41.6 Å². The Morgan fingerprint density at radius 2 is 1.36 bits per heavy atom. The molecule has 2 aromatic carbocycles. The van der Waals surface area contributed by atoms with Crippen LogP contribution in [-0.4, -0.2) is 181 Å². The summed E-state index contributed by atoms with van der Waals surface area (Å²) in [5.41, 5.74) is -5.35. The van der Waals surface area contributed by atoms with Gasteiger partial charge in [-0.25, -0.2) is 0 Å². The summed E-state index contributed by atoms with van der Waals surface area (Å²) in [6.07, 6.45) is 9.22. The Morgan fingerprint density at radius 3 is 1.88 bits per heavy atom. The monoisotopic (exact) mass is 1220 g/mol. The van der Waals surface area contributed by atoms with Crippen molar-refractivity contribution in [2.75, 3.05) is 40.5 Å². The summed E-state index contributed by atoms with van der Waals surface area (Å²) in [7, 11) is 3.43. The number of nitrogens with zero attached hydrogens (tertiary/aromatic N) is 4. The zero-order valence-corrected chi connectivity index (χ0v) is 56.3. The van der Waals surface area contributed by atoms with Gasteiger partial charge in [0.05, 0.1) is 72.2 Å². The fraction of sp³-hybridized carbons (Fsp3) is 0.768. The normalized spacial score (nSPS) is 37.4. The van der Waals surface area contributed by atoms with Gasteiger partial charge in [-0.1, -0.05) is 103 Å². The van der Waals surface area contributed by atoms with Crippen molar-refractivity contribution in [1.29, 1.82) is 0 Å². The van der Waals surface area contributed by atoms with Gasteiger partial charge >= 0.3 is 5.97 Å². The maximum atomic E-state index is 14.9. The zero-order valence-electron chi connectivity index (χ0n) is 55.4. The number of carbonyl (C=O) groups excluding carboxylic acids is 1. The van der Waals surface area contributed by atoms with Crippen LogP contribution in [0.25, 0.3) is 0 Å². The molecule has 17 heteroatoms. The third-order valence-corrected chi connectivity index (χ3v) is 24.9. The van der Waals surface area contributed by atoms with Gasteiger partial charge in [-0.05, 0) is 157 Å². The number of likely N-dealkylation sites (N-methyl/N-ethyl adjacent to an activating group) is 1. The molecule has 7 rings (SSSR count). The van der Waals surface area contributed by atoms with Crippen LogP contribution in [0, 0.1) is 23.7 Å². The number of aliphatic hydroxyl groups excluding tert-OH is 3. The molecule has 0 spiro atoms. The summed E-state index contributed by atoms with van der Waals surface area (Å²) in [5.74, 6) is -3.13. The summed E-state index contributed by atoms with van der Waals surface area (Å²) in [6.45, 7) is 25.9. The Hall–Kier alpha value is -2.93. The second kappa shape index (κ2) is 29.6. The lowest BCUT2D eigenvalue weighted by molar-refractivity contribution is -0.302. The van der Waals surface area contributed by atoms with Crippen LogP contribution in [-0.2, 0) is 38.8 Å². The van der Waals surface area contributed by atoms with Crippen LogP contribution in [0.5, 0.6) is 0 Å². The van der Waals surface area contributed by atoms with Gasteiger partial charge in [0.1, 0.15) is 58.9 Å². The number of esters is 1. The molecule has 0 radical (unpaired) electrons. The molecule has 4 aliphatic heterocycles. The second-order valence-corrected chi connectivity index (χ2v) is 32.3. The Bertz CT molecular complexity index is 2500. The van der Waals surface area contributed by atoms with Crippen molar-refractivity contribution in [3.05, 3.63) is 73.1 Å². The van der Waals surface area contributed by atoms with Gasteiger partial charge in [0.15, 0.2) is 6.29 Å². The molecule has 5 N–H and O–H groups in total. The second-order valence-electron chi connectivity index (χ2n) is 28.6. The van der Waals surface area contributed by atoms with Crippen molar-refractivity contribution >= 4 is 29.1 Å². The minimum atomic E-state index is -1.96. The van der Waals surface area contributed by atoms with E-state index in [1.54, 1.807) is 34.8 Å². The number of ether oxygens (including phenoxy) is 6. The van der Waals surface area contributed by atoms with E-state index >= 15 is 0 Å². The van der Waals surface area contributed by atoms with E-state index in [2.05, 4.69) is 110 Å². The van der Waals surface area contributed by atoms with Crippen LogP contribution in [0.15, 0.2) is 73.1 Å². The van der Waals surface area contributed by atoms with Gasteiger partial charge in [-0.3, -0.25) is 14.4 Å². The predicted octanol–water partition coefficient (Wildman–Crippen LogP) is 9.12. The highest BCUT2D eigenvalue weighted by Crippen LogP contribution is 2.56. The number of aromatic nitrogens is 2. The summed E-state index contributed by atoms with van der Waals surface area (Å²) in [6, 6.07) is 21.3. The number of benzene rings is 2. The smallest absolute Gasteiger partial charge is 0.309 e. The maximum Gasteiger partial charge on any atom is 0.309 e. The molecule has 19 atom stereocenters. The lowest BCUT2D eigenvalue weighted by Crippen LogP contribution is -2.62. The fourth-order valence-electron chi connectivity index (χ4n) is 15.2. The molecule has 0 saturated carbocycles. The highest BCUT2D eigenvalue weighted by Gasteiger charge is 2.58. The molecule has 4 fully saturated rings. The number of carbonyl (C=O) groups is 1. The van der Waals surface area contributed by atoms with E-state index in [-0.39, 0.29) is 42.9 Å². The van der Waals surface area contributed by atoms with Gasteiger partial charge in [0.25, 0.3) is 0 Å². The SMILES string of the molecule is CC[C@H]1OC(=O)[C@H](C)[C@@H](C2C[C@@](C)(OC)[C@@H](O)[C@H](C)O2)[C@H](C)[C@@H](O[C@@H]2O[C@H](C)C[C@H](N(C)C)[C@H]2O)[C@](C)(O)C[C@@H](C)CN(C2(CCCCCCCCCCC[P+](c3ccccc3)(c3ccccc3)c3cnn(C(C)(C)C)c3)CO2)[C@H](C)[C@@H](O)[C@]1(C)O. The van der Waals surface area contributed by atoms with Gasteiger partial charge in [-0.15, -0.1) is 0 Å². The third-order valence-electron chi connectivity index (χ3n) is 20.4. The first-order chi connectivity index (χ1) is 40.5. The number of hydrogen-bond donors (Lipinski definition) is 5. The average molecular weight is 1220 g/mol. The Balaban J connectivity index is 1.05. The molecule has 3 aromatic rings. The largest absolute Gasteiger partial charge is 0.459 e. The number of hydrogen-bond acceptors (Lipinski definition) is 15. The van der Waals surface area contributed by atoms with Crippen LogP contribution >= 0.6 is 7.26 Å². The molecule has 2 unspecified atom stereocenters. The van der Waals surface area contributed by atoms with Crippen molar-refractivity contribution < 1.29 is 58.7 Å². The van der Waals surface area contributed by atoms with Gasteiger partial charge < -0.3 is 58.9 Å². The highest BCUT2D eigenvalue weighted by molar-refractivity contribution is 7.95. The van der Waals surface area contributed by atoms with Crippen LogP contribution in [0.4, 0.5) is 0 Å². The molecule has 0 bridgehead atoms. The summed E-state index contributed by atoms with van der Waals surface area (Å²) in [5, 5.41) is 70.7. The molecule has 16 nitrogen and oxygen atoms in total. The fourth-order valence-corrected chi connectivity index (χ4v) is 19.5. The molecule has 86 heavy (non-hydrogen) atoms. The number of rotatable bonds is 22. The van der Waals surface area contributed by atoms with Crippen LogP contribution in [0.2, 0.25) is 0 Å². The van der Waals surface area contributed by atoms with Crippen LogP contribution < -0.4 is 15.9 Å². The number of unbranched alkanes of at least 4 members (excludes halogenated alkanes) is 8. The van der Waals surface area contributed by atoms with E-state index in [1.807, 2.05) is 53.6 Å². The molecule has 1 aromatic heterocycles. The molecule has 4 aliphatic rings. The first-order valence-corrected chi connectivity index (χ1v) is 34.8. The molecular formula is C69H114N4O12P+. The quantitative estimate of drug-likeness (QED) is 0.0276. The van der Waals surface area contributed by atoms with E-state index < -0.39 is 109 Å². The zero-order chi connectivity index (χ0) is 63.2. The predicted molar refractivity (Wildman–Crippen MR) is 343 cm³/mol. The first-order valence-electron chi connectivity index (χ1n) is 32.8. The number of cyclic esters (lactones) is 1. The van der Waals surface area contributed by atoms with Gasteiger partial charge in [0, 0.05) is 38.1 Å². The molecule has 0 amide bonds. The number of aliphatic hydroxyl groups is 5. The number of epoxide rings is 1. The molecule has 5 heterocycles. The van der Waals surface area contributed by atoms with E-state index in [0.29, 0.717) is 19.6 Å². The van der Waals surface area contributed by atoms with Crippen molar-refractivity contribution in [1.82, 2.24) is 19.6 Å². The van der Waals surface area contributed by atoms with E-state index in [0.717, 1.165) is 44.7 Å². The summed E-state index contributed by atoms with van der Waals surface area (Å²) >= 11 is 0. The third kappa shape index (κ3) is 16.0. The van der Waals surface area contributed by atoms with E-state index in [9.17, 15) is 30.3 Å². The standard InChI is InChI=1S/C69H114N4O12P/c1-17-57-68(13,79)60(75)50(6)72(69(45-81-69)37-31-23-21-19-18-20-22-24-32-38-86(52-33-27-25-28-34-52,53-35-29-26-30-36-53)54-42-70-73(44-54)65(8,9)10)43-46(2)40-66(11,78)62(85-64-59(74)55(71(14)15)39-47(3)82-64)48(4)58(49(5)63(77)84-57)56-41-67(12,80-16)61(76)51(7)83-56/h25-30,33-36,42,44,46-51,55-62,64,74-76,78-79H,17-24,31-32,37-41,43,45H2,1-16H3/q+1/t46-,47-,48+,49-,50-,51+,55+,56?,57-,58+,59-,60-,61+,62-,64+,66-,67-,68-,69?/m1/s1. The maximum absolute atomic E-state index is 14.9. The lowest BCUT2D eigenvalue weighted by Gasteiger charge is -2.51. The van der Waals surface area contributed by atoms with Crippen LogP contribution in [0.1, 0.15) is 180 Å². The Kier molecular flexibility index (Phi) is 24.2. The van der Waals surface area contributed by atoms with Gasteiger partial charge in [-0.2, -0.15) is 5.10 Å². The molecule has 0 aliphatic carbocycles. The van der Waals surface area contributed by atoms with Crippen LogP contribution in [0.3, 0.4) is 0 Å². The minimum absolute atomic E-state index is 0.112. The van der Waals surface area contributed by atoms with Crippen molar-refractivity contribution in [3.63, 3.8) is 0 Å². The summed E-state index contributed by atoms with van der Waals surface area (Å²) in [4.78, 5) is 19.1. The molecule has 486 valence electrons. The molecule has 4 saturated heterocycles. The number of methoxy groups -OCH3 is 1. The van der Waals surface area contributed by atoms with Gasteiger partial charge in [0.2, 0.25) is 0 Å². The van der Waals surface area contributed by atoms with Crippen molar-refractivity contribution in [2.24, 2.45) is 23.7 Å². The Labute approximate surface area is 517 Å². The summed E-state index contributed by atoms with van der Waals surface area (Å²) < 4.78 is 41.1. The Morgan fingerprint density at radius 1 is 0.791 bits per heavy atom. The molecular weight excluding hydrogens is 1110 g/mol. The highest BCUT2D eigenvalue weighted by atomic mass is 31.2. The van der Waals surface area contributed by atoms with E-state index in [4.69, 9.17) is 33.5 Å². The van der Waals surface area contributed by atoms with Crippen molar-refractivity contribution in [3.8, 4) is 0 Å². The minimum Gasteiger partial charge on any atom is -0.459 e. The lowest BCUT2D eigenvalue weighted by atomic mass is 9.68. The topological polar surface area (TPSA) is 201 Å². The first kappa shape index (κ1) is 70.5. The van der Waals surface area contributed by atoms with Crippen molar-refractivity contribution in [2.45, 2.75) is 275 Å². The average Bonchev–Trinajstić information content (AvgIpc) is 1.45.